The van der Waals surface area contributed by atoms with Gasteiger partial charge in [0.2, 0.25) is 0 Å². The van der Waals surface area contributed by atoms with E-state index in [-0.39, 0.29) is 23.6 Å². The lowest BCUT2D eigenvalue weighted by atomic mass is 10.1. The second kappa shape index (κ2) is 7.69. The zero-order valence-corrected chi connectivity index (χ0v) is 12.1. The third kappa shape index (κ3) is 4.70. The maximum atomic E-state index is 13.7. The van der Waals surface area contributed by atoms with Gasteiger partial charge in [0.1, 0.15) is 0 Å². The minimum absolute atomic E-state index is 0.0148. The Morgan fingerprint density at radius 3 is 2.70 bits per heavy atom. The summed E-state index contributed by atoms with van der Waals surface area (Å²) >= 11 is 0. The predicted octanol–water partition coefficient (Wildman–Crippen LogP) is 1.92. The SMILES string of the molecule is CCOC(=O)c1cc(OCCCN(C)C)c(F)cc1N. The van der Waals surface area contributed by atoms with E-state index in [1.165, 1.54) is 6.07 Å². The minimum Gasteiger partial charge on any atom is -0.490 e. The average Bonchev–Trinajstić information content (AvgIpc) is 2.36. The van der Waals surface area contributed by atoms with E-state index in [1.54, 1.807) is 6.92 Å². The number of carbonyl (C=O) groups excluding carboxylic acids is 1. The third-order valence-electron chi connectivity index (χ3n) is 2.61. The molecule has 0 amide bonds. The molecule has 2 N–H and O–H groups in total. The molecule has 0 saturated carbocycles. The summed E-state index contributed by atoms with van der Waals surface area (Å²) < 4.78 is 23.9. The van der Waals surface area contributed by atoms with Crippen molar-refractivity contribution in [3.05, 3.63) is 23.5 Å². The highest BCUT2D eigenvalue weighted by molar-refractivity contribution is 5.95. The van der Waals surface area contributed by atoms with E-state index in [2.05, 4.69) is 0 Å². The van der Waals surface area contributed by atoms with Crippen LogP contribution in [0.15, 0.2) is 12.1 Å². The molecule has 1 aromatic carbocycles. The Kier molecular flexibility index (Phi) is 6.24. The van der Waals surface area contributed by atoms with Crippen LogP contribution in [0.3, 0.4) is 0 Å². The fourth-order valence-electron chi connectivity index (χ4n) is 1.63. The van der Waals surface area contributed by atoms with E-state index in [1.807, 2.05) is 19.0 Å². The van der Waals surface area contributed by atoms with Crippen LogP contribution < -0.4 is 10.5 Å². The van der Waals surface area contributed by atoms with Crippen LogP contribution in [-0.2, 0) is 4.74 Å². The summed E-state index contributed by atoms with van der Waals surface area (Å²) in [4.78, 5) is 13.7. The summed E-state index contributed by atoms with van der Waals surface area (Å²) in [5.74, 6) is -1.15. The molecule has 0 unspecified atom stereocenters. The van der Waals surface area contributed by atoms with Gasteiger partial charge in [0, 0.05) is 18.3 Å². The summed E-state index contributed by atoms with van der Waals surface area (Å²) in [6.07, 6.45) is 0.756. The van der Waals surface area contributed by atoms with E-state index in [0.717, 1.165) is 19.0 Å². The molecule has 5 nitrogen and oxygen atoms in total. The Morgan fingerprint density at radius 2 is 2.10 bits per heavy atom. The van der Waals surface area contributed by atoms with Gasteiger partial charge < -0.3 is 20.1 Å². The normalized spacial score (nSPS) is 10.7. The Hall–Kier alpha value is -1.82. The summed E-state index contributed by atoms with van der Waals surface area (Å²) in [6.45, 7) is 3.12. The first kappa shape index (κ1) is 16.2. The summed E-state index contributed by atoms with van der Waals surface area (Å²) in [5.41, 5.74) is 5.78. The zero-order valence-electron chi connectivity index (χ0n) is 12.1. The van der Waals surface area contributed by atoms with Crippen LogP contribution in [0.25, 0.3) is 0 Å². The van der Waals surface area contributed by atoms with Crippen LogP contribution in [-0.4, -0.2) is 44.7 Å². The van der Waals surface area contributed by atoms with Crippen molar-refractivity contribution in [1.82, 2.24) is 4.90 Å². The van der Waals surface area contributed by atoms with Gasteiger partial charge >= 0.3 is 5.97 Å². The van der Waals surface area contributed by atoms with Crippen molar-refractivity contribution in [3.63, 3.8) is 0 Å². The van der Waals surface area contributed by atoms with Gasteiger partial charge in [-0.15, -0.1) is 0 Å². The molecule has 0 aliphatic carbocycles. The predicted molar refractivity (Wildman–Crippen MR) is 75.4 cm³/mol. The second-order valence-corrected chi connectivity index (χ2v) is 4.60. The van der Waals surface area contributed by atoms with Crippen LogP contribution >= 0.6 is 0 Å². The largest absolute Gasteiger partial charge is 0.490 e. The van der Waals surface area contributed by atoms with Crippen LogP contribution in [0.5, 0.6) is 5.75 Å². The first-order chi connectivity index (χ1) is 9.45. The highest BCUT2D eigenvalue weighted by Crippen LogP contribution is 2.25. The van der Waals surface area contributed by atoms with Gasteiger partial charge in [-0.3, -0.25) is 0 Å². The number of nitrogen functional groups attached to an aromatic ring is 1. The number of nitrogens with two attached hydrogens (primary N) is 1. The van der Waals surface area contributed by atoms with Gasteiger partial charge in [-0.05, 0) is 33.5 Å². The highest BCUT2D eigenvalue weighted by atomic mass is 19.1. The summed E-state index contributed by atoms with van der Waals surface area (Å²) in [7, 11) is 3.89. The number of hydrogen-bond donors (Lipinski definition) is 1. The van der Waals surface area contributed by atoms with Crippen molar-refractivity contribution in [2.75, 3.05) is 39.6 Å². The van der Waals surface area contributed by atoms with E-state index >= 15 is 0 Å². The monoisotopic (exact) mass is 284 g/mol. The first-order valence-electron chi connectivity index (χ1n) is 6.49. The molecule has 0 atom stereocenters. The number of benzene rings is 1. The number of rotatable bonds is 7. The van der Waals surface area contributed by atoms with Crippen LogP contribution in [0.2, 0.25) is 0 Å². The van der Waals surface area contributed by atoms with Crippen molar-refractivity contribution >= 4 is 11.7 Å². The molecule has 0 radical (unpaired) electrons. The van der Waals surface area contributed by atoms with Gasteiger partial charge in [0.15, 0.2) is 11.6 Å². The molecule has 0 aromatic heterocycles. The Labute approximate surface area is 118 Å². The van der Waals surface area contributed by atoms with Crippen LogP contribution in [0, 0.1) is 5.82 Å². The van der Waals surface area contributed by atoms with E-state index in [0.29, 0.717) is 6.61 Å². The van der Waals surface area contributed by atoms with Gasteiger partial charge in [0.25, 0.3) is 0 Å². The first-order valence-corrected chi connectivity index (χ1v) is 6.49. The Balaban J connectivity index is 2.75. The number of nitrogens with zero attached hydrogens (tertiary/aromatic N) is 1. The third-order valence-corrected chi connectivity index (χ3v) is 2.61. The zero-order chi connectivity index (χ0) is 15.1. The molecular formula is C14H21FN2O3. The number of carbonyl (C=O) groups is 1. The molecule has 112 valence electrons. The molecule has 0 spiro atoms. The quantitative estimate of drug-likeness (QED) is 0.471. The van der Waals surface area contributed by atoms with Gasteiger partial charge in [-0.2, -0.15) is 0 Å². The van der Waals surface area contributed by atoms with Gasteiger partial charge in [-0.25, -0.2) is 9.18 Å². The van der Waals surface area contributed by atoms with Gasteiger partial charge in [0.05, 0.1) is 18.8 Å². The maximum Gasteiger partial charge on any atom is 0.340 e. The molecular weight excluding hydrogens is 263 g/mol. The molecule has 0 aliphatic heterocycles. The lowest BCUT2D eigenvalue weighted by molar-refractivity contribution is 0.0527. The van der Waals surface area contributed by atoms with Gasteiger partial charge in [-0.1, -0.05) is 0 Å². The van der Waals surface area contributed by atoms with E-state index in [4.69, 9.17) is 15.2 Å². The van der Waals surface area contributed by atoms with Crippen LogP contribution in [0.1, 0.15) is 23.7 Å². The average molecular weight is 284 g/mol. The minimum atomic E-state index is -0.583. The van der Waals surface area contributed by atoms with Crippen LogP contribution in [0.4, 0.5) is 10.1 Å². The fraction of sp³-hybridized carbons (Fsp3) is 0.500. The smallest absolute Gasteiger partial charge is 0.340 e. The highest BCUT2D eigenvalue weighted by Gasteiger charge is 2.16. The Bertz CT molecular complexity index is 464. The molecule has 0 aliphatic rings. The van der Waals surface area contributed by atoms with E-state index in [9.17, 15) is 9.18 Å². The molecule has 6 heteroatoms. The molecule has 20 heavy (non-hydrogen) atoms. The molecule has 1 rings (SSSR count). The molecule has 1 aromatic rings. The number of anilines is 1. The number of hydrogen-bond acceptors (Lipinski definition) is 5. The number of ether oxygens (including phenoxy) is 2. The van der Waals surface area contributed by atoms with E-state index < -0.39 is 11.8 Å². The lowest BCUT2D eigenvalue weighted by Crippen LogP contribution is -2.16. The lowest BCUT2D eigenvalue weighted by Gasteiger charge is -2.12. The molecule has 0 heterocycles. The van der Waals surface area contributed by atoms with Crippen molar-refractivity contribution in [2.45, 2.75) is 13.3 Å². The summed E-state index contributed by atoms with van der Waals surface area (Å²) in [5, 5.41) is 0. The summed E-state index contributed by atoms with van der Waals surface area (Å²) in [6, 6.07) is 2.37. The standard InChI is InChI=1S/C14H21FN2O3/c1-4-19-14(18)10-8-13(11(15)9-12(10)16)20-7-5-6-17(2)3/h8-9H,4-7,16H2,1-3H3. The number of halogens is 1. The molecule has 0 saturated heterocycles. The maximum absolute atomic E-state index is 13.7. The number of esters is 1. The topological polar surface area (TPSA) is 64.8 Å². The van der Waals surface area contributed by atoms with Crippen molar-refractivity contribution in [2.24, 2.45) is 0 Å². The second-order valence-electron chi connectivity index (χ2n) is 4.60. The molecule has 0 fully saturated rings. The molecule has 0 bridgehead atoms. The van der Waals surface area contributed by atoms with Crippen molar-refractivity contribution < 1.29 is 18.7 Å². The Morgan fingerprint density at radius 1 is 1.40 bits per heavy atom. The van der Waals surface area contributed by atoms with Crippen molar-refractivity contribution in [3.8, 4) is 5.75 Å². The van der Waals surface area contributed by atoms with Crippen molar-refractivity contribution in [1.29, 1.82) is 0 Å². The fourth-order valence-corrected chi connectivity index (χ4v) is 1.63.